The van der Waals surface area contributed by atoms with Crippen molar-refractivity contribution in [2.24, 2.45) is 0 Å². The standard InChI is InChI=1S/C18H18N2O2/c1-3-14-7-9-16(10-8-14)20-18(21)13(2)22-17-6-4-5-15(11-17)12-19/h4-11,13H,3H2,1-2H3,(H,20,21)/t13-/m0/s1. The Kier molecular flexibility index (Phi) is 5.16. The zero-order valence-corrected chi connectivity index (χ0v) is 12.7. The predicted molar refractivity (Wildman–Crippen MR) is 85.7 cm³/mol. The van der Waals surface area contributed by atoms with E-state index in [9.17, 15) is 4.79 Å². The fourth-order valence-corrected chi connectivity index (χ4v) is 1.96. The van der Waals surface area contributed by atoms with Gasteiger partial charge in [-0.2, -0.15) is 5.26 Å². The third kappa shape index (κ3) is 4.10. The molecule has 1 N–H and O–H groups in total. The number of anilines is 1. The fraction of sp³-hybridized carbons (Fsp3) is 0.222. The van der Waals surface area contributed by atoms with E-state index in [1.165, 1.54) is 5.56 Å². The summed E-state index contributed by atoms with van der Waals surface area (Å²) < 4.78 is 5.57. The topological polar surface area (TPSA) is 62.1 Å². The van der Waals surface area contributed by atoms with Crippen molar-refractivity contribution >= 4 is 11.6 Å². The number of nitriles is 1. The Balaban J connectivity index is 1.97. The molecule has 0 saturated heterocycles. The number of carbonyl (C=O) groups is 1. The van der Waals surface area contributed by atoms with Crippen LogP contribution in [0.5, 0.6) is 5.75 Å². The van der Waals surface area contributed by atoms with Gasteiger partial charge < -0.3 is 10.1 Å². The molecular formula is C18H18N2O2. The number of rotatable bonds is 5. The molecule has 4 heteroatoms. The van der Waals surface area contributed by atoms with Crippen molar-refractivity contribution in [3.8, 4) is 11.8 Å². The van der Waals surface area contributed by atoms with Crippen LogP contribution in [0.15, 0.2) is 48.5 Å². The van der Waals surface area contributed by atoms with Crippen LogP contribution in [0.4, 0.5) is 5.69 Å². The van der Waals surface area contributed by atoms with Gasteiger partial charge >= 0.3 is 0 Å². The molecule has 0 bridgehead atoms. The van der Waals surface area contributed by atoms with Gasteiger partial charge in [0.05, 0.1) is 11.6 Å². The van der Waals surface area contributed by atoms with E-state index in [1.54, 1.807) is 31.2 Å². The van der Waals surface area contributed by atoms with E-state index in [0.717, 1.165) is 12.1 Å². The van der Waals surface area contributed by atoms with E-state index in [4.69, 9.17) is 10.00 Å². The lowest BCUT2D eigenvalue weighted by Crippen LogP contribution is -2.30. The molecule has 2 aromatic carbocycles. The van der Waals surface area contributed by atoms with Crippen molar-refractivity contribution in [2.75, 3.05) is 5.32 Å². The number of hydrogen-bond acceptors (Lipinski definition) is 3. The Morgan fingerprint density at radius 3 is 2.64 bits per heavy atom. The number of nitrogens with one attached hydrogen (secondary N) is 1. The van der Waals surface area contributed by atoms with Gasteiger partial charge in [0.15, 0.2) is 6.10 Å². The summed E-state index contributed by atoms with van der Waals surface area (Å²) in [4.78, 5) is 12.1. The molecule has 0 radical (unpaired) electrons. The van der Waals surface area contributed by atoms with Gasteiger partial charge in [0, 0.05) is 5.69 Å². The maximum absolute atomic E-state index is 12.1. The summed E-state index contributed by atoms with van der Waals surface area (Å²) in [6.45, 7) is 3.76. The predicted octanol–water partition coefficient (Wildman–Crippen LogP) is 3.53. The molecule has 22 heavy (non-hydrogen) atoms. The van der Waals surface area contributed by atoms with Crippen LogP contribution in [0.3, 0.4) is 0 Å². The summed E-state index contributed by atoms with van der Waals surface area (Å²) in [6.07, 6.45) is 0.308. The molecular weight excluding hydrogens is 276 g/mol. The maximum atomic E-state index is 12.1. The molecule has 0 aromatic heterocycles. The molecule has 0 spiro atoms. The smallest absolute Gasteiger partial charge is 0.265 e. The monoisotopic (exact) mass is 294 g/mol. The highest BCUT2D eigenvalue weighted by Crippen LogP contribution is 2.16. The number of amides is 1. The molecule has 0 unspecified atom stereocenters. The Bertz CT molecular complexity index is 687. The molecule has 0 aliphatic rings. The highest BCUT2D eigenvalue weighted by Gasteiger charge is 2.15. The minimum absolute atomic E-state index is 0.230. The van der Waals surface area contributed by atoms with E-state index in [0.29, 0.717) is 11.3 Å². The van der Waals surface area contributed by atoms with Crippen LogP contribution in [-0.4, -0.2) is 12.0 Å². The Hall–Kier alpha value is -2.80. The van der Waals surface area contributed by atoms with Gasteiger partial charge in [0.2, 0.25) is 0 Å². The number of benzene rings is 2. The molecule has 0 aliphatic carbocycles. The summed E-state index contributed by atoms with van der Waals surface area (Å²) in [5, 5.41) is 11.7. The first-order valence-corrected chi connectivity index (χ1v) is 7.19. The molecule has 0 fully saturated rings. The van der Waals surface area contributed by atoms with Crippen molar-refractivity contribution in [1.82, 2.24) is 0 Å². The Morgan fingerprint density at radius 1 is 1.27 bits per heavy atom. The molecule has 1 atom stereocenters. The zero-order chi connectivity index (χ0) is 15.9. The van der Waals surface area contributed by atoms with E-state index in [-0.39, 0.29) is 5.91 Å². The van der Waals surface area contributed by atoms with Crippen molar-refractivity contribution in [3.63, 3.8) is 0 Å². The van der Waals surface area contributed by atoms with Crippen molar-refractivity contribution in [1.29, 1.82) is 5.26 Å². The van der Waals surface area contributed by atoms with E-state index in [2.05, 4.69) is 12.2 Å². The van der Waals surface area contributed by atoms with Crippen LogP contribution < -0.4 is 10.1 Å². The van der Waals surface area contributed by atoms with Gasteiger partial charge in [-0.15, -0.1) is 0 Å². The molecule has 2 aromatic rings. The number of aryl methyl sites for hydroxylation is 1. The summed E-state index contributed by atoms with van der Waals surface area (Å²) in [7, 11) is 0. The lowest BCUT2D eigenvalue weighted by atomic mass is 10.1. The largest absolute Gasteiger partial charge is 0.481 e. The first-order valence-electron chi connectivity index (χ1n) is 7.19. The van der Waals surface area contributed by atoms with Gasteiger partial charge in [0.1, 0.15) is 5.75 Å². The van der Waals surface area contributed by atoms with E-state index < -0.39 is 6.10 Å². The molecule has 112 valence electrons. The molecule has 0 aliphatic heterocycles. The molecule has 0 saturated carbocycles. The van der Waals surface area contributed by atoms with Crippen LogP contribution in [0, 0.1) is 11.3 Å². The second-order valence-electron chi connectivity index (χ2n) is 4.94. The number of carbonyl (C=O) groups excluding carboxylic acids is 1. The van der Waals surface area contributed by atoms with Gasteiger partial charge in [-0.1, -0.05) is 25.1 Å². The summed E-state index contributed by atoms with van der Waals surface area (Å²) >= 11 is 0. The maximum Gasteiger partial charge on any atom is 0.265 e. The van der Waals surface area contributed by atoms with Crippen molar-refractivity contribution in [2.45, 2.75) is 26.4 Å². The molecule has 1 amide bonds. The SMILES string of the molecule is CCc1ccc(NC(=O)[C@H](C)Oc2cccc(C#N)c2)cc1. The van der Waals surface area contributed by atoms with Crippen LogP contribution >= 0.6 is 0 Å². The van der Waals surface area contributed by atoms with Gasteiger partial charge in [-0.05, 0) is 49.2 Å². The third-order valence-electron chi connectivity index (χ3n) is 3.27. The van der Waals surface area contributed by atoms with Gasteiger partial charge in [0.25, 0.3) is 5.91 Å². The quantitative estimate of drug-likeness (QED) is 0.917. The summed E-state index contributed by atoms with van der Waals surface area (Å²) in [5.41, 5.74) is 2.46. The van der Waals surface area contributed by atoms with Crippen LogP contribution in [0.25, 0.3) is 0 Å². The Labute approximate surface area is 130 Å². The average Bonchev–Trinajstić information content (AvgIpc) is 2.55. The summed E-state index contributed by atoms with van der Waals surface area (Å²) in [5.74, 6) is 0.273. The highest BCUT2D eigenvalue weighted by atomic mass is 16.5. The van der Waals surface area contributed by atoms with Crippen LogP contribution in [-0.2, 0) is 11.2 Å². The lowest BCUT2D eigenvalue weighted by Gasteiger charge is -2.15. The van der Waals surface area contributed by atoms with Crippen molar-refractivity contribution < 1.29 is 9.53 Å². The highest BCUT2D eigenvalue weighted by molar-refractivity contribution is 5.94. The minimum atomic E-state index is -0.653. The second kappa shape index (κ2) is 7.28. The molecule has 4 nitrogen and oxygen atoms in total. The third-order valence-corrected chi connectivity index (χ3v) is 3.27. The van der Waals surface area contributed by atoms with Crippen LogP contribution in [0.2, 0.25) is 0 Å². The number of nitrogens with zero attached hydrogens (tertiary/aromatic N) is 1. The average molecular weight is 294 g/mol. The second-order valence-corrected chi connectivity index (χ2v) is 4.94. The van der Waals surface area contributed by atoms with Gasteiger partial charge in [-0.3, -0.25) is 4.79 Å². The first kappa shape index (κ1) is 15.6. The lowest BCUT2D eigenvalue weighted by molar-refractivity contribution is -0.122. The van der Waals surface area contributed by atoms with E-state index in [1.807, 2.05) is 30.3 Å². The number of ether oxygens (including phenoxy) is 1. The van der Waals surface area contributed by atoms with E-state index >= 15 is 0 Å². The van der Waals surface area contributed by atoms with Gasteiger partial charge in [-0.25, -0.2) is 0 Å². The zero-order valence-electron chi connectivity index (χ0n) is 12.7. The molecule has 2 rings (SSSR count). The first-order chi connectivity index (χ1) is 10.6. The normalized spacial score (nSPS) is 11.3. The van der Waals surface area contributed by atoms with Crippen molar-refractivity contribution in [3.05, 3.63) is 59.7 Å². The number of hydrogen-bond donors (Lipinski definition) is 1. The molecule has 0 heterocycles. The minimum Gasteiger partial charge on any atom is -0.481 e. The Morgan fingerprint density at radius 2 is 2.00 bits per heavy atom. The fourth-order valence-electron chi connectivity index (χ4n) is 1.96. The summed E-state index contributed by atoms with van der Waals surface area (Å²) in [6, 6.07) is 16.5. The van der Waals surface area contributed by atoms with Crippen LogP contribution in [0.1, 0.15) is 25.0 Å².